The summed E-state index contributed by atoms with van der Waals surface area (Å²) in [7, 11) is 0. The molecule has 4 aromatic carbocycles. The summed E-state index contributed by atoms with van der Waals surface area (Å²) in [4.78, 5) is 47.2. The van der Waals surface area contributed by atoms with E-state index in [9.17, 15) is 23.6 Å². The molecule has 12 nitrogen and oxygen atoms in total. The zero-order chi connectivity index (χ0) is 35.0. The zero-order valence-electron chi connectivity index (χ0n) is 26.8. The van der Waals surface area contributed by atoms with Crippen LogP contribution < -0.4 is 21.3 Å². The lowest BCUT2D eigenvalue weighted by Crippen LogP contribution is -2.19. The van der Waals surface area contributed by atoms with Gasteiger partial charge in [0, 0.05) is 34.5 Å². The normalized spacial score (nSPS) is 10.1. The van der Waals surface area contributed by atoms with Crippen LogP contribution in [0.15, 0.2) is 109 Å². The molecule has 49 heavy (non-hydrogen) atoms. The van der Waals surface area contributed by atoms with Gasteiger partial charge in [0.25, 0.3) is 0 Å². The summed E-state index contributed by atoms with van der Waals surface area (Å²) in [5.41, 5.74) is 4.87. The molecule has 252 valence electrons. The van der Waals surface area contributed by atoms with E-state index in [0.29, 0.717) is 47.1 Å². The molecule has 0 aliphatic rings. The number of amides is 4. The van der Waals surface area contributed by atoms with E-state index in [2.05, 4.69) is 31.5 Å². The van der Waals surface area contributed by atoms with Crippen LogP contribution in [0.3, 0.4) is 0 Å². The molecule has 0 aliphatic heterocycles. The van der Waals surface area contributed by atoms with Crippen molar-refractivity contribution in [3.63, 3.8) is 0 Å². The van der Waals surface area contributed by atoms with Crippen LogP contribution in [0.4, 0.5) is 36.7 Å². The van der Waals surface area contributed by atoms with Crippen LogP contribution in [0.5, 0.6) is 0 Å². The quantitative estimate of drug-likeness (QED) is 0.0945. The number of carbonyl (C=O) groups is 4. The molecule has 0 spiro atoms. The molecule has 0 radical (unpaired) electrons. The first-order chi connectivity index (χ1) is 23.7. The third-order valence-corrected chi connectivity index (χ3v) is 6.51. The standard InChI is InChI=1S/C19H18N4O3.C17H17FN2O3/c1-2-26-18(24)14-5-9-16(10-6-14)22-19(25)21-15-7-3-13(4-8-15)17-11-12-20-23-17;1-2-11-23-16(21)12-3-7-14(8-4-12)19-17(22)20-15-9-5-13(18)6-10-15/h3-12H,2H2,1H3,(H,20,23)(H2,21,22,25);3-10H,2,11H2,1H3,(H2,19,20,22). The number of halogens is 1. The first-order valence-electron chi connectivity index (χ1n) is 15.3. The van der Waals surface area contributed by atoms with Gasteiger partial charge < -0.3 is 30.7 Å². The van der Waals surface area contributed by atoms with E-state index in [0.717, 1.165) is 17.7 Å². The lowest BCUT2D eigenvalue weighted by molar-refractivity contribution is 0.0501. The van der Waals surface area contributed by atoms with Gasteiger partial charge in [-0.1, -0.05) is 19.1 Å². The van der Waals surface area contributed by atoms with Gasteiger partial charge >= 0.3 is 24.0 Å². The van der Waals surface area contributed by atoms with Crippen LogP contribution in [0.1, 0.15) is 41.0 Å². The molecule has 5 rings (SSSR count). The van der Waals surface area contributed by atoms with Gasteiger partial charge in [0.05, 0.1) is 30.0 Å². The molecule has 1 heterocycles. The Bertz CT molecular complexity index is 1810. The number of H-pyrrole nitrogens is 1. The average molecular weight is 667 g/mol. The number of aromatic nitrogens is 2. The fourth-order valence-corrected chi connectivity index (χ4v) is 4.14. The third kappa shape index (κ3) is 11.4. The summed E-state index contributed by atoms with van der Waals surface area (Å²) < 4.78 is 22.7. The Morgan fingerprint density at radius 3 is 1.45 bits per heavy atom. The molecule has 0 saturated carbocycles. The second-order valence-corrected chi connectivity index (χ2v) is 10.2. The average Bonchev–Trinajstić information content (AvgIpc) is 3.65. The van der Waals surface area contributed by atoms with Gasteiger partial charge in [-0.25, -0.2) is 23.6 Å². The predicted octanol–water partition coefficient (Wildman–Crippen LogP) is 7.93. The van der Waals surface area contributed by atoms with Gasteiger partial charge in [0.2, 0.25) is 0 Å². The smallest absolute Gasteiger partial charge is 0.338 e. The van der Waals surface area contributed by atoms with Crippen LogP contribution in [0, 0.1) is 5.82 Å². The molecule has 0 saturated heterocycles. The Morgan fingerprint density at radius 2 is 1.04 bits per heavy atom. The number of rotatable bonds is 10. The maximum Gasteiger partial charge on any atom is 0.338 e. The number of benzene rings is 4. The van der Waals surface area contributed by atoms with Crippen molar-refractivity contribution in [3.05, 3.63) is 126 Å². The summed E-state index contributed by atoms with van der Waals surface area (Å²) in [5, 5.41) is 17.5. The summed E-state index contributed by atoms with van der Waals surface area (Å²) in [6.45, 7) is 4.36. The summed E-state index contributed by atoms with van der Waals surface area (Å²) in [6, 6.07) is 26.7. The van der Waals surface area contributed by atoms with Crippen molar-refractivity contribution in [3.8, 4) is 11.3 Å². The summed E-state index contributed by atoms with van der Waals surface area (Å²) in [6.07, 6.45) is 2.51. The molecule has 0 aliphatic carbocycles. The number of nitrogens with zero attached hydrogens (tertiary/aromatic N) is 1. The molecule has 1 aromatic heterocycles. The highest BCUT2D eigenvalue weighted by molar-refractivity contribution is 6.01. The van der Waals surface area contributed by atoms with E-state index in [4.69, 9.17) is 9.47 Å². The van der Waals surface area contributed by atoms with E-state index in [1.54, 1.807) is 73.8 Å². The van der Waals surface area contributed by atoms with Crippen LogP contribution in [-0.2, 0) is 9.47 Å². The van der Waals surface area contributed by atoms with Gasteiger partial charge in [-0.2, -0.15) is 5.10 Å². The topological polar surface area (TPSA) is 164 Å². The summed E-state index contributed by atoms with van der Waals surface area (Å²) >= 11 is 0. The molecule has 0 atom stereocenters. The van der Waals surface area contributed by atoms with Crippen molar-refractivity contribution in [2.45, 2.75) is 20.3 Å². The monoisotopic (exact) mass is 666 g/mol. The minimum atomic E-state index is -0.460. The molecule has 0 unspecified atom stereocenters. The molecule has 5 aromatic rings. The number of ether oxygens (including phenoxy) is 2. The van der Waals surface area contributed by atoms with E-state index in [1.165, 1.54) is 24.3 Å². The van der Waals surface area contributed by atoms with Crippen molar-refractivity contribution < 1.29 is 33.0 Å². The third-order valence-electron chi connectivity index (χ3n) is 6.51. The number of anilines is 4. The highest BCUT2D eigenvalue weighted by Crippen LogP contribution is 2.19. The van der Waals surface area contributed by atoms with Crippen molar-refractivity contribution in [2.75, 3.05) is 34.5 Å². The number of aromatic amines is 1. The lowest BCUT2D eigenvalue weighted by Gasteiger charge is -2.09. The molecule has 0 fully saturated rings. The van der Waals surface area contributed by atoms with Crippen LogP contribution >= 0.6 is 0 Å². The molecule has 5 N–H and O–H groups in total. The Kier molecular flexibility index (Phi) is 13.0. The second-order valence-electron chi connectivity index (χ2n) is 10.2. The number of urea groups is 2. The number of hydrogen-bond donors (Lipinski definition) is 5. The molecule has 13 heteroatoms. The highest BCUT2D eigenvalue weighted by atomic mass is 19.1. The maximum atomic E-state index is 12.8. The van der Waals surface area contributed by atoms with Crippen molar-refractivity contribution in [2.24, 2.45) is 0 Å². The number of hydrogen-bond acceptors (Lipinski definition) is 7. The van der Waals surface area contributed by atoms with Gasteiger partial charge in [0.15, 0.2) is 0 Å². The fourth-order valence-electron chi connectivity index (χ4n) is 4.14. The number of carbonyl (C=O) groups excluding carboxylic acids is 4. The SMILES string of the molecule is CCCOC(=O)c1ccc(NC(=O)Nc2ccc(F)cc2)cc1.CCOC(=O)c1ccc(NC(=O)Nc2ccc(-c3cc[nH]n3)cc2)cc1. The first kappa shape index (κ1) is 35.4. The molecule has 0 bridgehead atoms. The maximum absolute atomic E-state index is 12.8. The molecular weight excluding hydrogens is 631 g/mol. The van der Waals surface area contributed by atoms with E-state index < -0.39 is 12.0 Å². The largest absolute Gasteiger partial charge is 0.462 e. The van der Waals surface area contributed by atoms with Crippen LogP contribution in [-0.4, -0.2) is 47.4 Å². The van der Waals surface area contributed by atoms with E-state index >= 15 is 0 Å². The van der Waals surface area contributed by atoms with Gasteiger partial charge in [-0.15, -0.1) is 0 Å². The molecule has 4 amide bonds. The van der Waals surface area contributed by atoms with Crippen molar-refractivity contribution >= 4 is 46.8 Å². The van der Waals surface area contributed by atoms with E-state index in [-0.39, 0.29) is 17.8 Å². The van der Waals surface area contributed by atoms with Gasteiger partial charge in [-0.3, -0.25) is 5.10 Å². The Hall–Kier alpha value is -6.50. The lowest BCUT2D eigenvalue weighted by atomic mass is 10.1. The van der Waals surface area contributed by atoms with Crippen molar-refractivity contribution in [1.82, 2.24) is 10.2 Å². The van der Waals surface area contributed by atoms with E-state index in [1.807, 2.05) is 25.1 Å². The summed E-state index contributed by atoms with van der Waals surface area (Å²) in [5.74, 6) is -1.16. The Balaban J connectivity index is 0.000000223. The number of esters is 2. The van der Waals surface area contributed by atoms with Gasteiger partial charge in [-0.05, 0) is 104 Å². The first-order valence-corrected chi connectivity index (χ1v) is 15.3. The Morgan fingerprint density at radius 1 is 0.612 bits per heavy atom. The van der Waals surface area contributed by atoms with Crippen molar-refractivity contribution in [1.29, 1.82) is 0 Å². The predicted molar refractivity (Wildman–Crippen MR) is 185 cm³/mol. The Labute approximate surface area is 282 Å². The van der Waals surface area contributed by atoms with Crippen LogP contribution in [0.2, 0.25) is 0 Å². The van der Waals surface area contributed by atoms with Gasteiger partial charge in [0.1, 0.15) is 5.82 Å². The number of nitrogens with one attached hydrogen (secondary N) is 5. The molecular formula is C36H35FN6O6. The minimum Gasteiger partial charge on any atom is -0.462 e. The second kappa shape index (κ2) is 18.0. The fraction of sp³-hybridized carbons (Fsp3) is 0.139. The highest BCUT2D eigenvalue weighted by Gasteiger charge is 2.09. The van der Waals surface area contributed by atoms with Crippen LogP contribution in [0.25, 0.3) is 11.3 Å². The zero-order valence-corrected chi connectivity index (χ0v) is 26.8. The minimum absolute atomic E-state index is 0.320.